The molecule has 0 atom stereocenters. The number of carbonyl (C=O) groups is 1. The number of amides is 1. The molecule has 1 aliphatic rings. The first-order chi connectivity index (χ1) is 12.6. The highest BCUT2D eigenvalue weighted by molar-refractivity contribution is 5.92. The largest absolute Gasteiger partial charge is 0.374 e. The number of rotatable bonds is 6. The lowest BCUT2D eigenvalue weighted by molar-refractivity contribution is -0.120. The van der Waals surface area contributed by atoms with Gasteiger partial charge < -0.3 is 15.0 Å². The van der Waals surface area contributed by atoms with Gasteiger partial charge in [0, 0.05) is 37.1 Å². The third-order valence-corrected chi connectivity index (χ3v) is 4.48. The second-order valence-corrected chi connectivity index (χ2v) is 6.86. The van der Waals surface area contributed by atoms with Crippen molar-refractivity contribution < 1.29 is 9.53 Å². The summed E-state index contributed by atoms with van der Waals surface area (Å²) < 4.78 is 5.63. The van der Waals surface area contributed by atoms with E-state index in [0.717, 1.165) is 43.1 Å². The zero-order valence-electron chi connectivity index (χ0n) is 15.4. The van der Waals surface area contributed by atoms with Gasteiger partial charge in [-0.3, -0.25) is 4.79 Å². The van der Waals surface area contributed by atoms with Gasteiger partial charge in [0.15, 0.2) is 0 Å². The van der Waals surface area contributed by atoms with Gasteiger partial charge in [-0.25, -0.2) is 9.97 Å². The first kappa shape index (κ1) is 18.3. The summed E-state index contributed by atoms with van der Waals surface area (Å²) in [4.78, 5) is 23.3. The summed E-state index contributed by atoms with van der Waals surface area (Å²) in [5, 5.41) is 3.05. The summed E-state index contributed by atoms with van der Waals surface area (Å²) in [6, 6.07) is 9.67. The van der Waals surface area contributed by atoms with Gasteiger partial charge in [-0.05, 0) is 50.5 Å². The molecule has 1 saturated heterocycles. The fourth-order valence-electron chi connectivity index (χ4n) is 3.04. The normalized spacial score (nSPS) is 15.3. The van der Waals surface area contributed by atoms with Gasteiger partial charge in [0.1, 0.15) is 0 Å². The molecule has 1 aliphatic heterocycles. The molecule has 138 valence electrons. The lowest BCUT2D eigenvalue weighted by atomic mass is 9.96. The Bertz CT molecular complexity index is 713. The summed E-state index contributed by atoms with van der Waals surface area (Å²) in [6.45, 7) is 6.17. The summed E-state index contributed by atoms with van der Waals surface area (Å²) in [6.07, 6.45) is 5.29. The van der Waals surface area contributed by atoms with Crippen LogP contribution in [0.4, 0.5) is 11.6 Å². The molecule has 1 N–H and O–H groups in total. The number of aromatic nitrogens is 2. The van der Waals surface area contributed by atoms with E-state index in [9.17, 15) is 4.79 Å². The molecular weight excluding hydrogens is 328 g/mol. The summed E-state index contributed by atoms with van der Waals surface area (Å²) in [5.41, 5.74) is 1.89. The first-order valence-corrected chi connectivity index (χ1v) is 9.15. The fourth-order valence-corrected chi connectivity index (χ4v) is 3.04. The van der Waals surface area contributed by atoms with Crippen molar-refractivity contribution in [3.05, 3.63) is 48.3 Å². The van der Waals surface area contributed by atoms with Crippen LogP contribution in [0, 0.1) is 5.92 Å². The number of benzene rings is 1. The minimum Gasteiger partial charge on any atom is -0.374 e. The lowest BCUT2D eigenvalue weighted by Crippen LogP contribution is -2.39. The number of carbonyl (C=O) groups excluding carboxylic acids is 1. The van der Waals surface area contributed by atoms with Crippen LogP contribution in [0.5, 0.6) is 0 Å². The highest BCUT2D eigenvalue weighted by Gasteiger charge is 2.26. The molecule has 0 bridgehead atoms. The van der Waals surface area contributed by atoms with E-state index in [2.05, 4.69) is 20.2 Å². The van der Waals surface area contributed by atoms with Crippen molar-refractivity contribution >= 4 is 17.5 Å². The molecule has 0 aliphatic carbocycles. The number of hydrogen-bond donors (Lipinski definition) is 1. The summed E-state index contributed by atoms with van der Waals surface area (Å²) in [7, 11) is 0. The predicted octanol–water partition coefficient (Wildman–Crippen LogP) is 3.26. The van der Waals surface area contributed by atoms with Crippen LogP contribution in [-0.2, 0) is 16.1 Å². The standard InChI is InChI=1S/C20H26N4O2/c1-15(2)26-14-16-5-3-6-18(13-16)23-19(25)17-7-11-24(12-8-17)20-21-9-4-10-22-20/h3-6,9-10,13,15,17H,7-8,11-12,14H2,1-2H3,(H,23,25). The molecule has 2 aromatic rings. The maximum absolute atomic E-state index is 12.6. The Balaban J connectivity index is 1.52. The maximum Gasteiger partial charge on any atom is 0.227 e. The monoisotopic (exact) mass is 354 g/mol. The highest BCUT2D eigenvalue weighted by atomic mass is 16.5. The van der Waals surface area contributed by atoms with Gasteiger partial charge in [0.2, 0.25) is 11.9 Å². The smallest absolute Gasteiger partial charge is 0.227 e. The molecule has 1 aromatic heterocycles. The van der Waals surface area contributed by atoms with Crippen LogP contribution in [0.15, 0.2) is 42.7 Å². The minimum absolute atomic E-state index is 0.0190. The molecule has 2 heterocycles. The van der Waals surface area contributed by atoms with Crippen LogP contribution >= 0.6 is 0 Å². The number of piperidine rings is 1. The molecule has 1 amide bonds. The van der Waals surface area contributed by atoms with E-state index in [1.165, 1.54) is 0 Å². The number of ether oxygens (including phenoxy) is 1. The Labute approximate surface area is 154 Å². The van der Waals surface area contributed by atoms with E-state index < -0.39 is 0 Å². The molecule has 0 radical (unpaired) electrons. The molecule has 6 heteroatoms. The second-order valence-electron chi connectivity index (χ2n) is 6.86. The van der Waals surface area contributed by atoms with Crippen LogP contribution in [-0.4, -0.2) is 35.1 Å². The van der Waals surface area contributed by atoms with Gasteiger partial charge in [-0.15, -0.1) is 0 Å². The maximum atomic E-state index is 12.6. The Kier molecular flexibility index (Phi) is 6.17. The van der Waals surface area contributed by atoms with Crippen molar-refractivity contribution in [3.8, 4) is 0 Å². The second kappa shape index (κ2) is 8.76. The number of nitrogens with one attached hydrogen (secondary N) is 1. The van der Waals surface area contributed by atoms with Gasteiger partial charge in [-0.1, -0.05) is 12.1 Å². The van der Waals surface area contributed by atoms with E-state index in [1.54, 1.807) is 12.4 Å². The lowest BCUT2D eigenvalue weighted by Gasteiger charge is -2.31. The molecule has 3 rings (SSSR count). The van der Waals surface area contributed by atoms with Crippen LogP contribution in [0.1, 0.15) is 32.3 Å². The Hall–Kier alpha value is -2.47. The quantitative estimate of drug-likeness (QED) is 0.862. The van der Waals surface area contributed by atoms with E-state index in [0.29, 0.717) is 6.61 Å². The molecule has 0 unspecified atom stereocenters. The van der Waals surface area contributed by atoms with Crippen molar-refractivity contribution in [2.75, 3.05) is 23.3 Å². The number of anilines is 2. The van der Waals surface area contributed by atoms with Gasteiger partial charge >= 0.3 is 0 Å². The Morgan fingerprint density at radius 2 is 1.96 bits per heavy atom. The number of nitrogens with zero attached hydrogens (tertiary/aromatic N) is 3. The minimum atomic E-state index is 0.0190. The van der Waals surface area contributed by atoms with Crippen molar-refractivity contribution in [2.24, 2.45) is 5.92 Å². The average Bonchev–Trinajstić information content (AvgIpc) is 2.67. The van der Waals surface area contributed by atoms with Crippen LogP contribution in [0.2, 0.25) is 0 Å². The first-order valence-electron chi connectivity index (χ1n) is 9.15. The molecule has 6 nitrogen and oxygen atoms in total. The summed E-state index contributed by atoms with van der Waals surface area (Å²) in [5.74, 6) is 0.843. The molecule has 1 fully saturated rings. The van der Waals surface area contributed by atoms with Crippen molar-refractivity contribution in [2.45, 2.75) is 39.4 Å². The van der Waals surface area contributed by atoms with E-state index in [1.807, 2.05) is 44.2 Å². The van der Waals surface area contributed by atoms with Gasteiger partial charge in [-0.2, -0.15) is 0 Å². The SMILES string of the molecule is CC(C)OCc1cccc(NC(=O)C2CCN(c3ncccn3)CC2)c1. The molecule has 0 saturated carbocycles. The predicted molar refractivity (Wildman–Crippen MR) is 102 cm³/mol. The third-order valence-electron chi connectivity index (χ3n) is 4.48. The zero-order valence-corrected chi connectivity index (χ0v) is 15.4. The molecule has 26 heavy (non-hydrogen) atoms. The Morgan fingerprint density at radius 1 is 1.23 bits per heavy atom. The van der Waals surface area contributed by atoms with Gasteiger partial charge in [0.05, 0.1) is 12.7 Å². The topological polar surface area (TPSA) is 67.3 Å². The summed E-state index contributed by atoms with van der Waals surface area (Å²) >= 11 is 0. The Morgan fingerprint density at radius 3 is 2.65 bits per heavy atom. The molecule has 1 aromatic carbocycles. The molecular formula is C20H26N4O2. The van der Waals surface area contributed by atoms with Crippen molar-refractivity contribution in [1.29, 1.82) is 0 Å². The third kappa shape index (κ3) is 5.02. The van der Waals surface area contributed by atoms with Crippen LogP contribution in [0.25, 0.3) is 0 Å². The average molecular weight is 354 g/mol. The highest BCUT2D eigenvalue weighted by Crippen LogP contribution is 2.22. The fraction of sp³-hybridized carbons (Fsp3) is 0.450. The van der Waals surface area contributed by atoms with E-state index in [4.69, 9.17) is 4.74 Å². The van der Waals surface area contributed by atoms with E-state index >= 15 is 0 Å². The van der Waals surface area contributed by atoms with Gasteiger partial charge in [0.25, 0.3) is 0 Å². The van der Waals surface area contributed by atoms with Crippen molar-refractivity contribution in [3.63, 3.8) is 0 Å². The number of hydrogen-bond acceptors (Lipinski definition) is 5. The van der Waals surface area contributed by atoms with Crippen LogP contribution < -0.4 is 10.2 Å². The van der Waals surface area contributed by atoms with Crippen LogP contribution in [0.3, 0.4) is 0 Å². The van der Waals surface area contributed by atoms with Crippen molar-refractivity contribution in [1.82, 2.24) is 9.97 Å². The van der Waals surface area contributed by atoms with E-state index in [-0.39, 0.29) is 17.9 Å². The zero-order chi connectivity index (χ0) is 18.4. The molecule has 0 spiro atoms.